The van der Waals surface area contributed by atoms with Crippen LogP contribution in [0, 0.1) is 0 Å². The summed E-state index contributed by atoms with van der Waals surface area (Å²) in [6.45, 7) is 7.72. The summed E-state index contributed by atoms with van der Waals surface area (Å²) in [5.74, 6) is 1.66. The standard InChI is InChI=1S/C9H18N4O/c1-4-14-6-9-12-11-8(5-10)13(9)7(2)3/h7H,4-6,10H2,1-3H3. The van der Waals surface area contributed by atoms with Gasteiger partial charge in [-0.05, 0) is 20.8 Å². The summed E-state index contributed by atoms with van der Waals surface area (Å²) in [7, 11) is 0. The highest BCUT2D eigenvalue weighted by Crippen LogP contribution is 2.11. The molecule has 2 N–H and O–H groups in total. The highest BCUT2D eigenvalue weighted by molar-refractivity contribution is 4.96. The molecule has 0 aliphatic heterocycles. The third-order valence-electron chi connectivity index (χ3n) is 1.97. The molecule has 0 aliphatic carbocycles. The monoisotopic (exact) mass is 198 g/mol. The molecule has 14 heavy (non-hydrogen) atoms. The number of aromatic nitrogens is 3. The van der Waals surface area contributed by atoms with Gasteiger partial charge in [-0.1, -0.05) is 0 Å². The molecule has 0 atom stereocenters. The van der Waals surface area contributed by atoms with E-state index in [1.807, 2.05) is 11.5 Å². The summed E-state index contributed by atoms with van der Waals surface area (Å²) in [4.78, 5) is 0. The largest absolute Gasteiger partial charge is 0.374 e. The van der Waals surface area contributed by atoms with Gasteiger partial charge < -0.3 is 15.0 Å². The zero-order chi connectivity index (χ0) is 10.6. The summed E-state index contributed by atoms with van der Waals surface area (Å²) < 4.78 is 7.33. The smallest absolute Gasteiger partial charge is 0.159 e. The van der Waals surface area contributed by atoms with Crippen LogP contribution in [0.5, 0.6) is 0 Å². The Hall–Kier alpha value is -0.940. The maximum absolute atomic E-state index is 5.57. The van der Waals surface area contributed by atoms with Crippen molar-refractivity contribution in [1.82, 2.24) is 14.8 Å². The second kappa shape index (κ2) is 5.07. The first-order valence-electron chi connectivity index (χ1n) is 4.91. The lowest BCUT2D eigenvalue weighted by molar-refractivity contribution is 0.124. The molecule has 80 valence electrons. The van der Waals surface area contributed by atoms with Gasteiger partial charge in [-0.25, -0.2) is 0 Å². The van der Waals surface area contributed by atoms with Crippen molar-refractivity contribution in [2.75, 3.05) is 6.61 Å². The van der Waals surface area contributed by atoms with Gasteiger partial charge in [0.15, 0.2) is 5.82 Å². The van der Waals surface area contributed by atoms with Crippen molar-refractivity contribution in [2.24, 2.45) is 5.73 Å². The van der Waals surface area contributed by atoms with Gasteiger partial charge in [0, 0.05) is 12.6 Å². The minimum Gasteiger partial charge on any atom is -0.374 e. The minimum atomic E-state index is 0.319. The van der Waals surface area contributed by atoms with Crippen LogP contribution in [0.4, 0.5) is 0 Å². The molecule has 5 heteroatoms. The predicted octanol–water partition coefficient (Wildman–Crippen LogP) is 0.854. The average molecular weight is 198 g/mol. The molecule has 0 saturated heterocycles. The van der Waals surface area contributed by atoms with Gasteiger partial charge in [-0.2, -0.15) is 0 Å². The Balaban J connectivity index is 2.87. The quantitative estimate of drug-likeness (QED) is 0.761. The summed E-state index contributed by atoms with van der Waals surface area (Å²) in [5.41, 5.74) is 5.57. The Morgan fingerprint density at radius 3 is 2.50 bits per heavy atom. The van der Waals surface area contributed by atoms with Crippen molar-refractivity contribution in [3.8, 4) is 0 Å². The summed E-state index contributed by atoms with van der Waals surface area (Å²) in [6.07, 6.45) is 0. The fourth-order valence-corrected chi connectivity index (χ4v) is 1.39. The van der Waals surface area contributed by atoms with Gasteiger partial charge in [0.25, 0.3) is 0 Å². The van der Waals surface area contributed by atoms with Crippen molar-refractivity contribution in [2.45, 2.75) is 40.0 Å². The molecule has 1 aromatic rings. The molecule has 0 unspecified atom stereocenters. The first-order valence-corrected chi connectivity index (χ1v) is 4.91. The summed E-state index contributed by atoms with van der Waals surface area (Å²) in [5, 5.41) is 8.07. The number of nitrogens with zero attached hydrogens (tertiary/aromatic N) is 3. The second-order valence-electron chi connectivity index (χ2n) is 3.34. The SMILES string of the molecule is CCOCc1nnc(CN)n1C(C)C. The molecular weight excluding hydrogens is 180 g/mol. The molecule has 0 spiro atoms. The van der Waals surface area contributed by atoms with Crippen LogP contribution in [-0.4, -0.2) is 21.4 Å². The van der Waals surface area contributed by atoms with Crippen LogP contribution in [-0.2, 0) is 17.9 Å². The Morgan fingerprint density at radius 2 is 2.00 bits per heavy atom. The highest BCUT2D eigenvalue weighted by atomic mass is 16.5. The molecule has 0 aliphatic rings. The first-order chi connectivity index (χ1) is 6.70. The zero-order valence-electron chi connectivity index (χ0n) is 9.03. The van der Waals surface area contributed by atoms with Gasteiger partial charge in [0.2, 0.25) is 0 Å². The lowest BCUT2D eigenvalue weighted by atomic mass is 10.3. The van der Waals surface area contributed by atoms with Crippen LogP contribution >= 0.6 is 0 Å². The van der Waals surface area contributed by atoms with Crippen LogP contribution in [0.3, 0.4) is 0 Å². The van der Waals surface area contributed by atoms with Gasteiger partial charge in [0.1, 0.15) is 12.4 Å². The van der Waals surface area contributed by atoms with Crippen LogP contribution in [0.15, 0.2) is 0 Å². The van der Waals surface area contributed by atoms with E-state index in [1.54, 1.807) is 0 Å². The van der Waals surface area contributed by atoms with E-state index in [9.17, 15) is 0 Å². The lowest BCUT2D eigenvalue weighted by Crippen LogP contribution is -2.13. The fourth-order valence-electron chi connectivity index (χ4n) is 1.39. The van der Waals surface area contributed by atoms with Crippen LogP contribution in [0.2, 0.25) is 0 Å². The number of nitrogens with two attached hydrogens (primary N) is 1. The van der Waals surface area contributed by atoms with E-state index in [1.165, 1.54) is 0 Å². The van der Waals surface area contributed by atoms with Crippen molar-refractivity contribution < 1.29 is 4.74 Å². The minimum absolute atomic E-state index is 0.319. The highest BCUT2D eigenvalue weighted by Gasteiger charge is 2.12. The number of ether oxygens (including phenoxy) is 1. The fraction of sp³-hybridized carbons (Fsp3) is 0.778. The molecule has 0 amide bonds. The Labute approximate surface area is 84.3 Å². The van der Waals surface area contributed by atoms with Crippen LogP contribution < -0.4 is 5.73 Å². The number of hydrogen-bond donors (Lipinski definition) is 1. The maximum Gasteiger partial charge on any atom is 0.159 e. The van der Waals surface area contributed by atoms with Gasteiger partial charge in [-0.3, -0.25) is 0 Å². The van der Waals surface area contributed by atoms with E-state index in [0.717, 1.165) is 11.6 Å². The van der Waals surface area contributed by atoms with Crippen molar-refractivity contribution >= 4 is 0 Å². The number of rotatable bonds is 5. The van der Waals surface area contributed by atoms with E-state index in [4.69, 9.17) is 10.5 Å². The normalized spacial score (nSPS) is 11.2. The molecular formula is C9H18N4O. The summed E-state index contributed by atoms with van der Waals surface area (Å²) >= 11 is 0. The molecule has 5 nitrogen and oxygen atoms in total. The van der Waals surface area contributed by atoms with Crippen molar-refractivity contribution in [3.05, 3.63) is 11.6 Å². The zero-order valence-corrected chi connectivity index (χ0v) is 9.03. The molecule has 1 aromatic heterocycles. The molecule has 0 saturated carbocycles. The topological polar surface area (TPSA) is 66.0 Å². The van der Waals surface area contributed by atoms with E-state index in [-0.39, 0.29) is 0 Å². The van der Waals surface area contributed by atoms with Crippen LogP contribution in [0.25, 0.3) is 0 Å². The van der Waals surface area contributed by atoms with Gasteiger partial charge >= 0.3 is 0 Å². The van der Waals surface area contributed by atoms with E-state index < -0.39 is 0 Å². The average Bonchev–Trinajstić information content (AvgIpc) is 2.57. The Bertz CT molecular complexity index is 282. The van der Waals surface area contributed by atoms with Crippen molar-refractivity contribution in [3.63, 3.8) is 0 Å². The van der Waals surface area contributed by atoms with E-state index >= 15 is 0 Å². The molecule has 0 aromatic carbocycles. The first kappa shape index (κ1) is 11.1. The Kier molecular flexibility index (Phi) is 4.03. The molecule has 0 bridgehead atoms. The Morgan fingerprint density at radius 1 is 1.36 bits per heavy atom. The number of hydrogen-bond acceptors (Lipinski definition) is 4. The van der Waals surface area contributed by atoms with Gasteiger partial charge in [0.05, 0.1) is 6.54 Å². The van der Waals surface area contributed by atoms with E-state index in [0.29, 0.717) is 25.8 Å². The van der Waals surface area contributed by atoms with Gasteiger partial charge in [-0.15, -0.1) is 10.2 Å². The van der Waals surface area contributed by atoms with Crippen LogP contribution in [0.1, 0.15) is 38.5 Å². The second-order valence-corrected chi connectivity index (χ2v) is 3.34. The lowest BCUT2D eigenvalue weighted by Gasteiger charge is -2.12. The third kappa shape index (κ3) is 2.30. The third-order valence-corrected chi connectivity index (χ3v) is 1.97. The molecule has 1 rings (SSSR count). The van der Waals surface area contributed by atoms with Crippen molar-refractivity contribution in [1.29, 1.82) is 0 Å². The molecule has 0 fully saturated rings. The predicted molar refractivity (Wildman–Crippen MR) is 53.6 cm³/mol. The molecule has 1 heterocycles. The maximum atomic E-state index is 5.57. The molecule has 0 radical (unpaired) electrons. The summed E-state index contributed by atoms with van der Waals surface area (Å²) in [6, 6.07) is 0.319. The van der Waals surface area contributed by atoms with E-state index in [2.05, 4.69) is 24.0 Å².